The number of aromatic nitrogens is 2. The van der Waals surface area contributed by atoms with Crippen LogP contribution >= 0.6 is 11.6 Å². The minimum absolute atomic E-state index is 0.207. The number of nitrogens with one attached hydrogen (secondary N) is 1. The minimum Gasteiger partial charge on any atom is -0.367 e. The monoisotopic (exact) mass is 253 g/mol. The highest BCUT2D eigenvalue weighted by molar-refractivity contribution is 6.32. The summed E-state index contributed by atoms with van der Waals surface area (Å²) >= 11 is 5.85. The van der Waals surface area contributed by atoms with Gasteiger partial charge in [-0.3, -0.25) is 4.79 Å². The minimum atomic E-state index is 0.207. The molecule has 1 heterocycles. The second kappa shape index (κ2) is 5.45. The van der Waals surface area contributed by atoms with E-state index < -0.39 is 0 Å². The Morgan fingerprint density at radius 2 is 2.35 bits per heavy atom. The van der Waals surface area contributed by atoms with Gasteiger partial charge in [0.25, 0.3) is 0 Å². The molecule has 0 aliphatic heterocycles. The molecule has 2 rings (SSSR count). The van der Waals surface area contributed by atoms with E-state index >= 15 is 0 Å². The molecule has 1 N–H and O–H groups in total. The molecule has 4 nitrogen and oxygen atoms in total. The SMILES string of the molecule is CCC(CC1CC1)Nc1ncnc(Cl)c1C=O. The van der Waals surface area contributed by atoms with E-state index in [1.807, 2.05) is 0 Å². The molecule has 1 atom stereocenters. The second-order valence-electron chi connectivity index (χ2n) is 4.47. The van der Waals surface area contributed by atoms with Gasteiger partial charge in [0.2, 0.25) is 0 Å². The summed E-state index contributed by atoms with van der Waals surface area (Å²) in [4.78, 5) is 18.8. The Morgan fingerprint density at radius 3 is 2.94 bits per heavy atom. The number of rotatable bonds is 6. The molecule has 1 aromatic rings. The maximum atomic E-state index is 10.9. The van der Waals surface area contributed by atoms with Crippen LogP contribution in [0, 0.1) is 5.92 Å². The van der Waals surface area contributed by atoms with Crippen molar-refractivity contribution in [3.63, 3.8) is 0 Å². The maximum Gasteiger partial charge on any atom is 0.156 e. The van der Waals surface area contributed by atoms with Gasteiger partial charge in [-0.25, -0.2) is 9.97 Å². The first-order valence-corrected chi connectivity index (χ1v) is 6.34. The smallest absolute Gasteiger partial charge is 0.156 e. The summed E-state index contributed by atoms with van der Waals surface area (Å²) < 4.78 is 0. The van der Waals surface area contributed by atoms with Gasteiger partial charge in [0, 0.05) is 6.04 Å². The zero-order chi connectivity index (χ0) is 12.3. The first kappa shape index (κ1) is 12.3. The molecule has 92 valence electrons. The average Bonchev–Trinajstić information content (AvgIpc) is 3.12. The van der Waals surface area contributed by atoms with Crippen molar-refractivity contribution in [2.45, 2.75) is 38.6 Å². The Kier molecular flexibility index (Phi) is 3.94. The summed E-state index contributed by atoms with van der Waals surface area (Å²) in [7, 11) is 0. The number of hydrogen-bond acceptors (Lipinski definition) is 4. The highest BCUT2D eigenvalue weighted by Crippen LogP contribution is 2.35. The summed E-state index contributed by atoms with van der Waals surface area (Å²) in [5, 5.41) is 3.50. The van der Waals surface area contributed by atoms with E-state index in [-0.39, 0.29) is 5.15 Å². The van der Waals surface area contributed by atoms with Gasteiger partial charge in [-0.2, -0.15) is 0 Å². The molecular formula is C12H16ClN3O. The fourth-order valence-corrected chi connectivity index (χ4v) is 2.05. The lowest BCUT2D eigenvalue weighted by molar-refractivity contribution is 0.112. The van der Waals surface area contributed by atoms with Gasteiger partial charge < -0.3 is 5.32 Å². The highest BCUT2D eigenvalue weighted by atomic mass is 35.5. The van der Waals surface area contributed by atoms with Crippen LogP contribution in [0.1, 0.15) is 43.0 Å². The number of halogens is 1. The molecule has 0 aromatic carbocycles. The standard InChI is InChI=1S/C12H16ClN3O/c1-2-9(5-8-3-4-8)16-12-10(6-17)11(13)14-7-15-12/h6-9H,2-5H2,1H3,(H,14,15,16). The van der Waals surface area contributed by atoms with Crippen molar-refractivity contribution in [2.24, 2.45) is 5.92 Å². The summed E-state index contributed by atoms with van der Waals surface area (Å²) in [5.74, 6) is 1.39. The van der Waals surface area contributed by atoms with Crippen molar-refractivity contribution in [1.29, 1.82) is 0 Å². The average molecular weight is 254 g/mol. The number of carbonyl (C=O) groups excluding carboxylic acids is 1. The van der Waals surface area contributed by atoms with Gasteiger partial charge in [-0.05, 0) is 18.8 Å². The normalized spacial score (nSPS) is 16.6. The number of hydrogen-bond donors (Lipinski definition) is 1. The fourth-order valence-electron chi connectivity index (χ4n) is 1.87. The fraction of sp³-hybridized carbons (Fsp3) is 0.583. The molecule has 1 saturated carbocycles. The van der Waals surface area contributed by atoms with E-state index in [1.54, 1.807) is 0 Å². The van der Waals surface area contributed by atoms with E-state index in [1.165, 1.54) is 19.2 Å². The lowest BCUT2D eigenvalue weighted by Gasteiger charge is -2.18. The third-order valence-electron chi connectivity index (χ3n) is 3.10. The van der Waals surface area contributed by atoms with Crippen molar-refractivity contribution < 1.29 is 4.79 Å². The van der Waals surface area contributed by atoms with E-state index in [0.29, 0.717) is 23.7 Å². The molecule has 1 aromatic heterocycles. The number of carbonyl (C=O) groups is 1. The molecule has 5 heteroatoms. The molecule has 1 fully saturated rings. The zero-order valence-corrected chi connectivity index (χ0v) is 10.6. The maximum absolute atomic E-state index is 10.9. The highest BCUT2D eigenvalue weighted by Gasteiger charge is 2.25. The zero-order valence-electron chi connectivity index (χ0n) is 9.82. The quantitative estimate of drug-likeness (QED) is 0.626. The van der Waals surface area contributed by atoms with Crippen LogP contribution in [0.5, 0.6) is 0 Å². The Hall–Kier alpha value is -1.16. The van der Waals surface area contributed by atoms with Crippen molar-refractivity contribution in [2.75, 3.05) is 5.32 Å². The summed E-state index contributed by atoms with van der Waals surface area (Å²) in [5.41, 5.74) is 0.350. The van der Waals surface area contributed by atoms with Gasteiger partial charge in [-0.15, -0.1) is 0 Å². The Labute approximate surface area is 106 Å². The number of anilines is 1. The Bertz CT molecular complexity index is 407. The summed E-state index contributed by atoms with van der Waals surface area (Å²) in [6.45, 7) is 2.13. The molecule has 0 amide bonds. The predicted octanol–water partition coefficient (Wildman–Crippen LogP) is 2.93. The summed E-state index contributed by atoms with van der Waals surface area (Å²) in [6.07, 6.45) is 6.87. The van der Waals surface area contributed by atoms with Crippen LogP contribution in [0.3, 0.4) is 0 Å². The van der Waals surface area contributed by atoms with Crippen molar-refractivity contribution >= 4 is 23.7 Å². The van der Waals surface area contributed by atoms with Crippen molar-refractivity contribution in [1.82, 2.24) is 9.97 Å². The van der Waals surface area contributed by atoms with E-state index in [9.17, 15) is 4.79 Å². The van der Waals surface area contributed by atoms with E-state index in [2.05, 4.69) is 22.2 Å². The van der Waals surface area contributed by atoms with Gasteiger partial charge in [0.1, 0.15) is 17.3 Å². The first-order valence-electron chi connectivity index (χ1n) is 5.96. The van der Waals surface area contributed by atoms with Crippen LogP contribution < -0.4 is 5.32 Å². The van der Waals surface area contributed by atoms with Gasteiger partial charge in [-0.1, -0.05) is 31.4 Å². The van der Waals surface area contributed by atoms with Crippen LogP contribution in [0.4, 0.5) is 5.82 Å². The summed E-state index contributed by atoms with van der Waals surface area (Å²) in [6, 6.07) is 0.354. The first-order chi connectivity index (χ1) is 8.24. The number of aldehydes is 1. The molecule has 1 aliphatic carbocycles. The van der Waals surface area contributed by atoms with Crippen LogP contribution in [0.15, 0.2) is 6.33 Å². The molecule has 1 unspecified atom stereocenters. The van der Waals surface area contributed by atoms with Crippen molar-refractivity contribution in [3.8, 4) is 0 Å². The van der Waals surface area contributed by atoms with Crippen molar-refractivity contribution in [3.05, 3.63) is 17.0 Å². The molecule has 0 bridgehead atoms. The predicted molar refractivity (Wildman–Crippen MR) is 67.5 cm³/mol. The van der Waals surface area contributed by atoms with Gasteiger partial charge >= 0.3 is 0 Å². The third kappa shape index (κ3) is 3.16. The molecule has 0 radical (unpaired) electrons. The molecule has 0 spiro atoms. The largest absolute Gasteiger partial charge is 0.367 e. The van der Waals surface area contributed by atoms with E-state index in [4.69, 9.17) is 11.6 Å². The van der Waals surface area contributed by atoms with Crippen LogP contribution in [-0.4, -0.2) is 22.3 Å². The molecular weight excluding hydrogens is 238 g/mol. The Morgan fingerprint density at radius 1 is 1.59 bits per heavy atom. The second-order valence-corrected chi connectivity index (χ2v) is 4.83. The third-order valence-corrected chi connectivity index (χ3v) is 3.40. The lowest BCUT2D eigenvalue weighted by atomic mass is 10.1. The Balaban J connectivity index is 2.09. The van der Waals surface area contributed by atoms with Gasteiger partial charge in [0.05, 0.1) is 5.56 Å². The molecule has 0 saturated heterocycles. The lowest BCUT2D eigenvalue weighted by Crippen LogP contribution is -2.21. The van der Waals surface area contributed by atoms with Gasteiger partial charge in [0.15, 0.2) is 6.29 Å². The molecule has 1 aliphatic rings. The topological polar surface area (TPSA) is 54.9 Å². The molecule has 17 heavy (non-hydrogen) atoms. The van der Waals surface area contributed by atoms with Crippen LogP contribution in [-0.2, 0) is 0 Å². The van der Waals surface area contributed by atoms with Crippen LogP contribution in [0.2, 0.25) is 5.15 Å². The van der Waals surface area contributed by atoms with Crippen LogP contribution in [0.25, 0.3) is 0 Å². The number of nitrogens with zero attached hydrogens (tertiary/aromatic N) is 2. The van der Waals surface area contributed by atoms with E-state index in [0.717, 1.165) is 18.8 Å².